The van der Waals surface area contributed by atoms with E-state index in [0.29, 0.717) is 30.7 Å². The van der Waals surface area contributed by atoms with Gasteiger partial charge in [0.2, 0.25) is 0 Å². The first-order valence-corrected chi connectivity index (χ1v) is 13.2. The molecule has 1 aliphatic heterocycles. The summed E-state index contributed by atoms with van der Waals surface area (Å²) in [5.74, 6) is 0.884. The van der Waals surface area contributed by atoms with Gasteiger partial charge in [-0.1, -0.05) is 6.07 Å². The van der Waals surface area contributed by atoms with Crippen LogP contribution in [0.1, 0.15) is 50.2 Å². The molecular weight excluding hydrogens is 504 g/mol. The molecule has 3 N–H and O–H groups in total. The second-order valence-corrected chi connectivity index (χ2v) is 12.1. The van der Waals surface area contributed by atoms with Crippen LogP contribution in [0, 0.1) is 6.92 Å². The lowest BCUT2D eigenvalue weighted by Gasteiger charge is -2.28. The van der Waals surface area contributed by atoms with Gasteiger partial charge in [0.25, 0.3) is 5.91 Å². The third-order valence-corrected chi connectivity index (χ3v) is 7.78. The van der Waals surface area contributed by atoms with Gasteiger partial charge < -0.3 is 25.4 Å². The van der Waals surface area contributed by atoms with Gasteiger partial charge in [-0.15, -0.1) is 11.3 Å². The normalized spacial score (nSPS) is 17.8. The van der Waals surface area contributed by atoms with Crippen LogP contribution in [-0.4, -0.2) is 62.8 Å². The Morgan fingerprint density at radius 1 is 1.21 bits per heavy atom. The Kier molecular flexibility index (Phi) is 6.21. The van der Waals surface area contributed by atoms with Crippen molar-refractivity contribution in [1.82, 2.24) is 24.8 Å². The zero-order chi connectivity index (χ0) is 27.4. The second kappa shape index (κ2) is 9.16. The minimum Gasteiger partial charge on any atom is -0.495 e. The van der Waals surface area contributed by atoms with E-state index in [4.69, 9.17) is 15.2 Å². The molecule has 0 aliphatic carbocycles. The number of hydrogen-bond acceptors (Lipinski definition) is 8. The van der Waals surface area contributed by atoms with Crippen molar-refractivity contribution in [2.75, 3.05) is 25.9 Å². The van der Waals surface area contributed by atoms with E-state index in [1.54, 1.807) is 27.9 Å². The van der Waals surface area contributed by atoms with Crippen LogP contribution in [-0.2, 0) is 4.74 Å². The number of aryl methyl sites for hydroxylation is 1. The van der Waals surface area contributed by atoms with Crippen molar-refractivity contribution in [3.05, 3.63) is 41.9 Å². The van der Waals surface area contributed by atoms with Crippen LogP contribution in [0.5, 0.6) is 5.75 Å². The zero-order valence-electron chi connectivity index (χ0n) is 22.4. The van der Waals surface area contributed by atoms with Crippen LogP contribution < -0.4 is 15.8 Å². The number of benzene rings is 1. The van der Waals surface area contributed by atoms with Crippen LogP contribution in [0.2, 0.25) is 0 Å². The Hall–Kier alpha value is -3.86. The number of nitrogens with two attached hydrogens (primary N) is 1. The van der Waals surface area contributed by atoms with Gasteiger partial charge in [-0.05, 0) is 70.2 Å². The number of likely N-dealkylation sites (tertiary alicyclic amines) is 1. The molecule has 1 aromatic carbocycles. The third-order valence-electron chi connectivity index (χ3n) is 6.58. The first-order valence-electron chi connectivity index (χ1n) is 12.4. The molecule has 3 aromatic heterocycles. The van der Waals surface area contributed by atoms with Crippen LogP contribution in [0.25, 0.3) is 26.0 Å². The van der Waals surface area contributed by atoms with Gasteiger partial charge in [-0.3, -0.25) is 4.79 Å². The number of carbonyl (C=O) groups is 2. The number of anilines is 1. The van der Waals surface area contributed by atoms with Gasteiger partial charge in [0, 0.05) is 23.5 Å². The topological polar surface area (TPSA) is 124 Å². The minimum atomic E-state index is -0.609. The average Bonchev–Trinajstić information content (AvgIpc) is 3.52. The summed E-state index contributed by atoms with van der Waals surface area (Å²) in [5.41, 5.74) is 7.92. The van der Waals surface area contributed by atoms with Crippen molar-refractivity contribution >= 4 is 44.8 Å². The lowest BCUT2D eigenvalue weighted by Crippen LogP contribution is -2.50. The molecule has 0 bridgehead atoms. The monoisotopic (exact) mass is 536 g/mol. The molecule has 0 saturated carbocycles. The molecule has 10 nitrogen and oxygen atoms in total. The van der Waals surface area contributed by atoms with Crippen LogP contribution in [0.3, 0.4) is 0 Å². The van der Waals surface area contributed by atoms with E-state index in [1.165, 1.54) is 6.33 Å². The summed E-state index contributed by atoms with van der Waals surface area (Å²) < 4.78 is 13.6. The first kappa shape index (κ1) is 25.8. The van der Waals surface area contributed by atoms with Gasteiger partial charge in [0.05, 0.1) is 17.3 Å². The number of carbonyl (C=O) groups excluding carboxylic acids is 2. The van der Waals surface area contributed by atoms with Gasteiger partial charge in [0.15, 0.2) is 5.82 Å². The maximum absolute atomic E-state index is 13.8. The molecule has 5 rings (SSSR count). The molecule has 1 fully saturated rings. The van der Waals surface area contributed by atoms with E-state index >= 15 is 0 Å². The number of amides is 2. The maximum Gasteiger partial charge on any atom is 0.408 e. The number of aromatic nitrogens is 3. The molecule has 38 heavy (non-hydrogen) atoms. The summed E-state index contributed by atoms with van der Waals surface area (Å²) in [7, 11) is 1.66. The van der Waals surface area contributed by atoms with E-state index in [0.717, 1.165) is 31.8 Å². The predicted molar refractivity (Wildman–Crippen MR) is 148 cm³/mol. The van der Waals surface area contributed by atoms with E-state index in [-0.39, 0.29) is 11.7 Å². The smallest absolute Gasteiger partial charge is 0.408 e. The second-order valence-electron chi connectivity index (χ2n) is 11.0. The van der Waals surface area contributed by atoms with E-state index in [2.05, 4.69) is 27.5 Å². The van der Waals surface area contributed by atoms with Crippen molar-refractivity contribution in [3.8, 4) is 16.2 Å². The molecule has 4 aromatic rings. The van der Waals surface area contributed by atoms with Gasteiger partial charge >= 0.3 is 6.09 Å². The summed E-state index contributed by atoms with van der Waals surface area (Å²) in [5, 5.41) is 8.36. The van der Waals surface area contributed by atoms with E-state index < -0.39 is 17.2 Å². The van der Waals surface area contributed by atoms with Crippen LogP contribution in [0.4, 0.5) is 10.6 Å². The Balaban J connectivity index is 1.49. The molecule has 1 aliphatic rings. The van der Waals surface area contributed by atoms with Gasteiger partial charge in [-0.25, -0.2) is 14.3 Å². The number of thiophene rings is 1. The molecule has 0 radical (unpaired) electrons. The highest BCUT2D eigenvalue weighted by molar-refractivity contribution is 7.22. The zero-order valence-corrected chi connectivity index (χ0v) is 23.2. The summed E-state index contributed by atoms with van der Waals surface area (Å²) >= 11 is 1.57. The van der Waals surface area contributed by atoms with Crippen molar-refractivity contribution in [1.29, 1.82) is 0 Å². The Labute approximate surface area is 224 Å². The number of nitrogen functional groups attached to an aromatic ring is 1. The molecule has 1 saturated heterocycles. The van der Waals surface area contributed by atoms with E-state index in [1.807, 2.05) is 46.8 Å². The number of rotatable bonds is 4. The number of ether oxygens (including phenoxy) is 2. The molecule has 1 atom stereocenters. The summed E-state index contributed by atoms with van der Waals surface area (Å²) in [6, 6.07) is 8.00. The highest BCUT2D eigenvalue weighted by Crippen LogP contribution is 2.42. The fourth-order valence-corrected chi connectivity index (χ4v) is 6.06. The minimum absolute atomic E-state index is 0.200. The molecule has 200 valence electrons. The van der Waals surface area contributed by atoms with Crippen molar-refractivity contribution in [3.63, 3.8) is 0 Å². The Morgan fingerprint density at radius 3 is 2.68 bits per heavy atom. The van der Waals surface area contributed by atoms with Crippen molar-refractivity contribution in [2.24, 2.45) is 0 Å². The fourth-order valence-electron chi connectivity index (χ4n) is 4.91. The predicted octanol–water partition coefficient (Wildman–Crippen LogP) is 4.64. The first-order chi connectivity index (χ1) is 17.9. The summed E-state index contributed by atoms with van der Waals surface area (Å²) in [4.78, 5) is 33.0. The van der Waals surface area contributed by atoms with Crippen LogP contribution >= 0.6 is 11.3 Å². The standard InChI is InChI=1S/C27H32N6O4S/c1-15-9-16-11-20(38-22(16)19(10-15)36-6)17-12-18(33-21(17)23(28)29-14-30-33)24(34)32-8-7-27(5,13-32)31-25(35)37-26(2,3)4/h9-12,14H,7-8,13H2,1-6H3,(H,31,35)(H2,28,29,30). The molecule has 0 spiro atoms. The van der Waals surface area contributed by atoms with Gasteiger partial charge in [0.1, 0.15) is 28.9 Å². The average molecular weight is 537 g/mol. The molecule has 2 amide bonds. The van der Waals surface area contributed by atoms with Gasteiger partial charge in [-0.2, -0.15) is 5.10 Å². The number of nitrogens with zero attached hydrogens (tertiary/aromatic N) is 4. The number of alkyl carbamates (subject to hydrolysis) is 1. The number of methoxy groups -OCH3 is 1. The summed E-state index contributed by atoms with van der Waals surface area (Å²) in [6.45, 7) is 10.2. The largest absolute Gasteiger partial charge is 0.495 e. The Morgan fingerprint density at radius 2 is 1.97 bits per heavy atom. The Bertz CT molecular complexity index is 1570. The quantitative estimate of drug-likeness (QED) is 0.389. The summed E-state index contributed by atoms with van der Waals surface area (Å²) in [6.07, 6.45) is 1.44. The highest BCUT2D eigenvalue weighted by Gasteiger charge is 2.39. The molecular formula is C27H32N6O4S. The fraction of sp³-hybridized carbons (Fsp3) is 0.407. The third kappa shape index (κ3) is 4.73. The SMILES string of the molecule is COc1cc(C)cc2cc(-c3cc(C(=O)N4CCC(C)(NC(=O)OC(C)(C)C)C4)n4ncnc(N)c34)sc12. The van der Waals surface area contributed by atoms with Crippen LogP contribution in [0.15, 0.2) is 30.6 Å². The highest BCUT2D eigenvalue weighted by atomic mass is 32.1. The number of hydrogen-bond donors (Lipinski definition) is 2. The lowest BCUT2D eigenvalue weighted by atomic mass is 10.0. The molecule has 11 heteroatoms. The lowest BCUT2D eigenvalue weighted by molar-refractivity contribution is 0.0461. The van der Waals surface area contributed by atoms with Crippen molar-refractivity contribution < 1.29 is 19.1 Å². The van der Waals surface area contributed by atoms with E-state index in [9.17, 15) is 9.59 Å². The number of fused-ring (bicyclic) bond motifs is 2. The van der Waals surface area contributed by atoms with Crippen molar-refractivity contribution in [2.45, 2.75) is 52.2 Å². The number of nitrogens with one attached hydrogen (secondary N) is 1. The molecule has 4 heterocycles. The maximum atomic E-state index is 13.8. The molecule has 1 unspecified atom stereocenters.